The van der Waals surface area contributed by atoms with Gasteiger partial charge in [-0.2, -0.15) is 0 Å². The molecule has 0 aliphatic heterocycles. The summed E-state index contributed by atoms with van der Waals surface area (Å²) in [5, 5.41) is 0. The Morgan fingerprint density at radius 2 is 1.80 bits per heavy atom. The zero-order chi connectivity index (χ0) is 11.3. The highest BCUT2D eigenvalue weighted by Gasteiger charge is 1.95. The first kappa shape index (κ1) is 12.3. The first-order valence-corrected chi connectivity index (χ1v) is 5.82. The normalized spacial score (nSPS) is 10.7. The third-order valence-electron chi connectivity index (χ3n) is 2.80. The van der Waals surface area contributed by atoms with Crippen LogP contribution in [-0.4, -0.2) is 7.28 Å². The molecule has 1 rings (SSSR count). The highest BCUT2D eigenvalue weighted by atomic mass is 14.5. The van der Waals surface area contributed by atoms with Crippen LogP contribution in [0.15, 0.2) is 12.1 Å². The van der Waals surface area contributed by atoms with Crippen molar-refractivity contribution in [3.63, 3.8) is 0 Å². The Balaban J connectivity index is 2.79. The van der Waals surface area contributed by atoms with E-state index in [1.807, 2.05) is 0 Å². The Bertz CT molecular complexity index is 297. The van der Waals surface area contributed by atoms with E-state index in [0.717, 1.165) is 0 Å². The van der Waals surface area contributed by atoms with Gasteiger partial charge in [-0.25, -0.2) is 6.32 Å². The van der Waals surface area contributed by atoms with Gasteiger partial charge in [-0.1, -0.05) is 43.0 Å². The smallest absolute Gasteiger partial charge is 0.0178 e. The van der Waals surface area contributed by atoms with Gasteiger partial charge in [0, 0.05) is 6.54 Å². The molecular formula is C13H21BN-. The van der Waals surface area contributed by atoms with Crippen molar-refractivity contribution in [3.8, 4) is 0 Å². The fourth-order valence-electron chi connectivity index (χ4n) is 1.95. The van der Waals surface area contributed by atoms with Crippen molar-refractivity contribution in [1.82, 2.24) is 0 Å². The van der Waals surface area contributed by atoms with E-state index in [0.29, 0.717) is 6.54 Å². The van der Waals surface area contributed by atoms with Crippen LogP contribution < -0.4 is 11.2 Å². The van der Waals surface area contributed by atoms with Crippen LogP contribution in [-0.2, 0) is 6.54 Å². The third kappa shape index (κ3) is 3.38. The Morgan fingerprint density at radius 1 is 1.20 bits per heavy atom. The Morgan fingerprint density at radius 3 is 2.27 bits per heavy atom. The standard InChI is InChI=1S/C13H21BN/c1-4-5-6-14-13-10(2)7-12(9-15)8-11(13)3/h7-8H,4-6,9,15H2,1-3H3/q-1. The monoisotopic (exact) mass is 202 g/mol. The van der Waals surface area contributed by atoms with Crippen LogP contribution in [0.2, 0.25) is 6.32 Å². The molecule has 0 aromatic heterocycles. The number of nitrogens with two attached hydrogens (primary N) is 1. The largest absolute Gasteiger partial charge is 0.326 e. The van der Waals surface area contributed by atoms with E-state index in [9.17, 15) is 0 Å². The highest BCUT2D eigenvalue weighted by Crippen LogP contribution is 2.07. The Kier molecular flexibility index (Phi) is 4.90. The van der Waals surface area contributed by atoms with E-state index in [2.05, 4.69) is 40.2 Å². The summed E-state index contributed by atoms with van der Waals surface area (Å²) in [7, 11) is 2.36. The molecule has 0 saturated carbocycles. The lowest BCUT2D eigenvalue weighted by Crippen LogP contribution is -2.21. The molecular weight excluding hydrogens is 181 g/mol. The zero-order valence-corrected chi connectivity index (χ0v) is 10.1. The lowest BCUT2D eigenvalue weighted by atomic mass is 9.62. The Hall–Kier alpha value is -0.755. The summed E-state index contributed by atoms with van der Waals surface area (Å²) >= 11 is 0. The molecule has 82 valence electrons. The molecule has 0 bridgehead atoms. The van der Waals surface area contributed by atoms with E-state index >= 15 is 0 Å². The predicted octanol–water partition coefficient (Wildman–Crippen LogP) is 2.31. The summed E-state index contributed by atoms with van der Waals surface area (Å²) < 4.78 is 0. The van der Waals surface area contributed by atoms with Gasteiger partial charge >= 0.3 is 0 Å². The van der Waals surface area contributed by atoms with Crippen LogP contribution in [0.5, 0.6) is 0 Å². The number of aryl methyl sites for hydroxylation is 2. The van der Waals surface area contributed by atoms with Gasteiger partial charge < -0.3 is 5.73 Å². The molecule has 0 unspecified atom stereocenters. The first-order chi connectivity index (χ1) is 7.19. The molecule has 1 nitrogen and oxygen atoms in total. The molecule has 2 N–H and O–H groups in total. The molecule has 15 heavy (non-hydrogen) atoms. The summed E-state index contributed by atoms with van der Waals surface area (Å²) in [6.07, 6.45) is 3.72. The van der Waals surface area contributed by atoms with Crippen molar-refractivity contribution in [2.75, 3.05) is 0 Å². The molecule has 0 fully saturated rings. The molecule has 0 aliphatic carbocycles. The number of rotatable bonds is 5. The van der Waals surface area contributed by atoms with E-state index < -0.39 is 0 Å². The summed E-state index contributed by atoms with van der Waals surface area (Å²) in [6, 6.07) is 4.40. The number of unbranched alkanes of at least 4 members (excludes halogenated alkanes) is 1. The van der Waals surface area contributed by atoms with Gasteiger partial charge in [0.05, 0.1) is 0 Å². The van der Waals surface area contributed by atoms with Crippen molar-refractivity contribution in [2.24, 2.45) is 5.73 Å². The molecule has 2 radical (unpaired) electrons. The number of benzene rings is 1. The molecule has 2 heteroatoms. The van der Waals surface area contributed by atoms with E-state index in [1.54, 1.807) is 0 Å². The SMILES string of the molecule is CCCC[B-]c1c(C)cc(CN)cc1C. The average Bonchev–Trinajstić information content (AvgIpc) is 2.22. The van der Waals surface area contributed by atoms with Crippen molar-refractivity contribution in [2.45, 2.75) is 46.5 Å². The molecule has 0 heterocycles. The second-order valence-electron chi connectivity index (χ2n) is 4.19. The maximum atomic E-state index is 5.65. The van der Waals surface area contributed by atoms with Gasteiger partial charge in [-0.15, -0.1) is 0 Å². The van der Waals surface area contributed by atoms with Crippen molar-refractivity contribution < 1.29 is 0 Å². The fraction of sp³-hybridized carbons (Fsp3) is 0.538. The molecule has 0 saturated heterocycles. The molecule has 0 amide bonds. The maximum absolute atomic E-state index is 5.65. The van der Waals surface area contributed by atoms with Gasteiger partial charge in [0.25, 0.3) is 0 Å². The summed E-state index contributed by atoms with van der Waals surface area (Å²) in [5.74, 6) is 0. The second kappa shape index (κ2) is 5.97. The van der Waals surface area contributed by atoms with Crippen molar-refractivity contribution >= 4 is 12.7 Å². The zero-order valence-electron chi connectivity index (χ0n) is 10.1. The van der Waals surface area contributed by atoms with Gasteiger partial charge in [-0.3, -0.25) is 12.7 Å². The van der Waals surface area contributed by atoms with E-state index in [1.165, 1.54) is 41.3 Å². The van der Waals surface area contributed by atoms with Gasteiger partial charge in [0.1, 0.15) is 0 Å². The minimum atomic E-state index is 0.636. The van der Waals surface area contributed by atoms with Gasteiger partial charge in [0.15, 0.2) is 0 Å². The van der Waals surface area contributed by atoms with Gasteiger partial charge in [0.2, 0.25) is 0 Å². The minimum Gasteiger partial charge on any atom is -0.326 e. The van der Waals surface area contributed by atoms with Gasteiger partial charge in [-0.05, 0) is 19.4 Å². The lowest BCUT2D eigenvalue weighted by Gasteiger charge is -2.23. The van der Waals surface area contributed by atoms with Crippen LogP contribution >= 0.6 is 0 Å². The number of hydrogen-bond acceptors (Lipinski definition) is 1. The maximum Gasteiger partial charge on any atom is 0.0178 e. The van der Waals surface area contributed by atoms with Crippen LogP contribution in [0, 0.1) is 13.8 Å². The molecule has 1 aromatic carbocycles. The van der Waals surface area contributed by atoms with E-state index in [4.69, 9.17) is 5.73 Å². The quantitative estimate of drug-likeness (QED) is 0.575. The minimum absolute atomic E-state index is 0.636. The third-order valence-corrected chi connectivity index (χ3v) is 2.80. The summed E-state index contributed by atoms with van der Waals surface area (Å²) in [5.41, 5.74) is 11.0. The van der Waals surface area contributed by atoms with Crippen molar-refractivity contribution in [1.29, 1.82) is 0 Å². The summed E-state index contributed by atoms with van der Waals surface area (Å²) in [4.78, 5) is 0. The highest BCUT2D eigenvalue weighted by molar-refractivity contribution is 6.54. The van der Waals surface area contributed by atoms with Crippen LogP contribution in [0.4, 0.5) is 0 Å². The predicted molar refractivity (Wildman–Crippen MR) is 68.9 cm³/mol. The topological polar surface area (TPSA) is 26.0 Å². The van der Waals surface area contributed by atoms with E-state index in [-0.39, 0.29) is 0 Å². The Labute approximate surface area is 94.3 Å². The molecule has 0 spiro atoms. The summed E-state index contributed by atoms with van der Waals surface area (Å²) in [6.45, 7) is 7.20. The molecule has 1 aromatic rings. The average molecular weight is 202 g/mol. The number of hydrogen-bond donors (Lipinski definition) is 1. The first-order valence-electron chi connectivity index (χ1n) is 5.82. The molecule has 0 aliphatic rings. The second-order valence-corrected chi connectivity index (χ2v) is 4.19. The van der Waals surface area contributed by atoms with Crippen LogP contribution in [0.3, 0.4) is 0 Å². The lowest BCUT2D eigenvalue weighted by molar-refractivity contribution is 0.881. The molecule has 0 atom stereocenters. The van der Waals surface area contributed by atoms with Crippen LogP contribution in [0.25, 0.3) is 0 Å². The van der Waals surface area contributed by atoms with Crippen LogP contribution in [0.1, 0.15) is 36.5 Å². The fourth-order valence-corrected chi connectivity index (χ4v) is 1.95. The van der Waals surface area contributed by atoms with Crippen molar-refractivity contribution in [3.05, 3.63) is 28.8 Å².